The number of benzene rings is 1. The molecule has 4 aliphatic rings. The Kier molecular flexibility index (Phi) is 9.46. The van der Waals surface area contributed by atoms with Crippen LogP contribution in [0.4, 0.5) is 9.59 Å². The Hall–Kier alpha value is -1.74. The second kappa shape index (κ2) is 12.0. The zero-order valence-corrected chi connectivity index (χ0v) is 27.9. The van der Waals surface area contributed by atoms with Crippen molar-refractivity contribution >= 4 is 35.4 Å². The Morgan fingerprint density at radius 3 is 1.90 bits per heavy atom. The number of nitrogens with zero attached hydrogens (tertiary/aromatic N) is 1. The van der Waals surface area contributed by atoms with Crippen LogP contribution in [0.5, 0.6) is 0 Å². The fourth-order valence-electron chi connectivity index (χ4n) is 7.07. The smallest absolute Gasteiger partial charge is 0.408 e. The van der Waals surface area contributed by atoms with Crippen molar-refractivity contribution in [2.24, 2.45) is 0 Å². The first kappa shape index (κ1) is 33.2. The van der Waals surface area contributed by atoms with E-state index < -0.39 is 21.6 Å². The van der Waals surface area contributed by atoms with Gasteiger partial charge in [0.25, 0.3) is 0 Å². The summed E-state index contributed by atoms with van der Waals surface area (Å²) in [5.41, 5.74) is -0.462. The summed E-state index contributed by atoms with van der Waals surface area (Å²) in [4.78, 5) is 25.9. The highest BCUT2D eigenvalue weighted by Gasteiger charge is 2.61. The summed E-state index contributed by atoms with van der Waals surface area (Å²) in [5.74, 6) is 0. The summed E-state index contributed by atoms with van der Waals surface area (Å²) in [5, 5.41) is 9.42. The van der Waals surface area contributed by atoms with Gasteiger partial charge in [-0.25, -0.2) is 9.59 Å². The topological polar surface area (TPSA) is 91.9 Å². The minimum Gasteiger partial charge on any atom is -0.444 e. The standard InChI is InChI=1S/C20H29ClN2O2.C12H21ClN2O2/c1-15(16-9-6-5-7-10-16)23-13-19(21)11-8-12-20(19,14-23)22-17(24)25-18(2,3)4;1-10(2,3)17-9(16)15-12-6-4-5-11(12,13)7-14-8-12/h5-7,9-10,15H,8,11-14H2,1-4H3,(H,22,24);14H,4-8H2,1-3H3,(H,15,16)/t15-,19+,20-;11-,12+/m10/s1. The number of alkyl carbamates (subject to hydrolysis) is 2. The Bertz CT molecular complexity index is 1110. The fraction of sp³-hybridized carbons (Fsp3) is 0.750. The van der Waals surface area contributed by atoms with E-state index in [2.05, 4.69) is 52.0 Å². The largest absolute Gasteiger partial charge is 0.444 e. The van der Waals surface area contributed by atoms with Crippen molar-refractivity contribution in [1.82, 2.24) is 20.9 Å². The second-order valence-corrected chi connectivity index (χ2v) is 16.1. The molecular formula is C32H50Cl2N4O4. The highest BCUT2D eigenvalue weighted by Crippen LogP contribution is 2.51. The lowest BCUT2D eigenvalue weighted by Crippen LogP contribution is -2.59. The minimum absolute atomic E-state index is 0.264. The number of fused-ring (bicyclic) bond motifs is 2. The molecule has 236 valence electrons. The van der Waals surface area contributed by atoms with Crippen molar-refractivity contribution in [3.63, 3.8) is 0 Å². The van der Waals surface area contributed by atoms with E-state index in [4.69, 9.17) is 32.7 Å². The van der Waals surface area contributed by atoms with Crippen LogP contribution in [0, 0.1) is 0 Å². The lowest BCUT2D eigenvalue weighted by Gasteiger charge is -2.36. The van der Waals surface area contributed by atoms with E-state index in [-0.39, 0.29) is 28.6 Å². The van der Waals surface area contributed by atoms with Crippen molar-refractivity contribution in [3.8, 4) is 0 Å². The van der Waals surface area contributed by atoms with Gasteiger partial charge in [0.2, 0.25) is 0 Å². The molecule has 0 unspecified atom stereocenters. The van der Waals surface area contributed by atoms with Crippen LogP contribution in [0.1, 0.15) is 98.6 Å². The van der Waals surface area contributed by atoms with E-state index in [1.165, 1.54) is 5.56 Å². The lowest BCUT2D eigenvalue weighted by atomic mass is 9.90. The van der Waals surface area contributed by atoms with Gasteiger partial charge in [0.1, 0.15) is 11.2 Å². The van der Waals surface area contributed by atoms with Gasteiger partial charge in [-0.1, -0.05) is 30.3 Å². The number of likely N-dealkylation sites (tertiary alicyclic amines) is 1. The Labute approximate surface area is 261 Å². The Balaban J connectivity index is 0.000000208. The molecule has 2 saturated carbocycles. The SMILES string of the molecule is CC(C)(C)OC(=O)N[C@@]12CCC[C@]1(Cl)CNC2.C[C@H](c1ccccc1)N1C[C@@]2(Cl)CCC[C@@]2(NC(=O)OC(C)(C)C)C1. The predicted octanol–water partition coefficient (Wildman–Crippen LogP) is 6.50. The van der Waals surface area contributed by atoms with Gasteiger partial charge < -0.3 is 25.4 Å². The number of nitrogens with one attached hydrogen (secondary N) is 3. The first-order chi connectivity index (χ1) is 19.4. The maximum atomic E-state index is 12.4. The molecule has 8 nitrogen and oxygen atoms in total. The molecular weight excluding hydrogens is 575 g/mol. The number of halogens is 2. The number of hydrogen-bond acceptors (Lipinski definition) is 6. The molecule has 10 heteroatoms. The van der Waals surface area contributed by atoms with Crippen molar-refractivity contribution in [1.29, 1.82) is 0 Å². The van der Waals surface area contributed by atoms with Gasteiger partial charge in [-0.15, -0.1) is 23.2 Å². The minimum atomic E-state index is -0.510. The summed E-state index contributed by atoms with van der Waals surface area (Å²) >= 11 is 13.7. The van der Waals surface area contributed by atoms with E-state index in [1.807, 2.05) is 47.6 Å². The van der Waals surface area contributed by atoms with Crippen molar-refractivity contribution < 1.29 is 19.1 Å². The molecule has 0 bridgehead atoms. The van der Waals surface area contributed by atoms with Crippen LogP contribution >= 0.6 is 23.2 Å². The summed E-state index contributed by atoms with van der Waals surface area (Å²) in [6.07, 6.45) is 5.03. The van der Waals surface area contributed by atoms with Crippen LogP contribution in [0.15, 0.2) is 30.3 Å². The van der Waals surface area contributed by atoms with Crippen molar-refractivity contribution in [3.05, 3.63) is 35.9 Å². The molecule has 0 spiro atoms. The Morgan fingerprint density at radius 2 is 1.33 bits per heavy atom. The molecule has 2 heterocycles. The molecule has 2 saturated heterocycles. The number of carbonyl (C=O) groups is 2. The van der Waals surface area contributed by atoms with Gasteiger partial charge in [0, 0.05) is 32.2 Å². The third-order valence-corrected chi connectivity index (χ3v) is 10.5. The van der Waals surface area contributed by atoms with Crippen molar-refractivity contribution in [2.45, 2.75) is 125 Å². The first-order valence-corrected chi connectivity index (χ1v) is 16.1. The van der Waals surface area contributed by atoms with E-state index >= 15 is 0 Å². The number of carbonyl (C=O) groups excluding carboxylic acids is 2. The second-order valence-electron chi connectivity index (χ2n) is 14.7. The number of amides is 2. The predicted molar refractivity (Wildman–Crippen MR) is 168 cm³/mol. The molecule has 0 aromatic heterocycles. The number of ether oxygens (including phenoxy) is 2. The first-order valence-electron chi connectivity index (χ1n) is 15.3. The van der Waals surface area contributed by atoms with Gasteiger partial charge in [0.15, 0.2) is 0 Å². The molecule has 5 atom stereocenters. The average molecular weight is 626 g/mol. The van der Waals surface area contributed by atoms with Gasteiger partial charge in [-0.2, -0.15) is 0 Å². The number of rotatable bonds is 4. The van der Waals surface area contributed by atoms with Crippen LogP contribution in [0.25, 0.3) is 0 Å². The highest BCUT2D eigenvalue weighted by molar-refractivity contribution is 6.26. The summed E-state index contributed by atoms with van der Waals surface area (Å²) in [6.45, 7) is 16.4. The van der Waals surface area contributed by atoms with E-state index in [0.29, 0.717) is 0 Å². The van der Waals surface area contributed by atoms with Gasteiger partial charge >= 0.3 is 12.2 Å². The van der Waals surface area contributed by atoms with Gasteiger partial charge in [0.05, 0.1) is 20.8 Å². The number of alkyl halides is 2. The van der Waals surface area contributed by atoms with Crippen LogP contribution in [-0.2, 0) is 9.47 Å². The fourth-order valence-corrected chi connectivity index (χ4v) is 7.99. The third-order valence-electron chi connectivity index (χ3n) is 9.14. The molecule has 42 heavy (non-hydrogen) atoms. The zero-order valence-electron chi connectivity index (χ0n) is 26.4. The van der Waals surface area contributed by atoms with E-state index in [1.54, 1.807) is 0 Å². The molecule has 2 aliphatic heterocycles. The molecule has 1 aromatic carbocycles. The number of hydrogen-bond donors (Lipinski definition) is 3. The third kappa shape index (κ3) is 7.14. The van der Waals surface area contributed by atoms with Crippen LogP contribution in [-0.4, -0.2) is 75.3 Å². The zero-order chi connectivity index (χ0) is 31.0. The lowest BCUT2D eigenvalue weighted by molar-refractivity contribution is 0.0439. The van der Waals surface area contributed by atoms with Gasteiger partial charge in [-0.3, -0.25) is 4.90 Å². The van der Waals surface area contributed by atoms with Crippen LogP contribution in [0.2, 0.25) is 0 Å². The van der Waals surface area contributed by atoms with Crippen LogP contribution in [0.3, 0.4) is 0 Å². The average Bonchev–Trinajstić information content (AvgIpc) is 3.50. The van der Waals surface area contributed by atoms with E-state index in [0.717, 1.165) is 64.7 Å². The summed E-state index contributed by atoms with van der Waals surface area (Å²) in [7, 11) is 0. The molecule has 3 N–H and O–H groups in total. The van der Waals surface area contributed by atoms with E-state index in [9.17, 15) is 9.59 Å². The van der Waals surface area contributed by atoms with Crippen LogP contribution < -0.4 is 16.0 Å². The normalized spacial score (nSPS) is 33.2. The monoisotopic (exact) mass is 624 g/mol. The summed E-state index contributed by atoms with van der Waals surface area (Å²) < 4.78 is 10.8. The quantitative estimate of drug-likeness (QED) is 0.331. The van der Waals surface area contributed by atoms with Gasteiger partial charge in [-0.05, 0) is 92.6 Å². The highest BCUT2D eigenvalue weighted by atomic mass is 35.5. The maximum Gasteiger partial charge on any atom is 0.408 e. The molecule has 2 amide bonds. The molecule has 1 aromatic rings. The summed E-state index contributed by atoms with van der Waals surface area (Å²) in [6, 6.07) is 10.7. The Morgan fingerprint density at radius 1 is 0.810 bits per heavy atom. The molecule has 2 aliphatic carbocycles. The molecule has 4 fully saturated rings. The molecule has 0 radical (unpaired) electrons. The maximum absolute atomic E-state index is 12.4. The molecule has 5 rings (SSSR count). The van der Waals surface area contributed by atoms with Crippen molar-refractivity contribution in [2.75, 3.05) is 26.2 Å².